The van der Waals surface area contributed by atoms with Crippen LogP contribution in [0.5, 0.6) is 5.75 Å². The summed E-state index contributed by atoms with van der Waals surface area (Å²) < 4.78 is 10.4. The Morgan fingerprint density at radius 3 is 2.62 bits per heavy atom. The first-order valence-corrected chi connectivity index (χ1v) is 6.61. The minimum absolute atomic E-state index is 0.228. The van der Waals surface area contributed by atoms with Crippen molar-refractivity contribution in [3.8, 4) is 5.75 Å². The second-order valence-corrected chi connectivity index (χ2v) is 5.41. The minimum Gasteiger partial charge on any atom is -0.496 e. The third-order valence-electron chi connectivity index (χ3n) is 3.16. The van der Waals surface area contributed by atoms with E-state index in [2.05, 4.69) is 15.5 Å². The van der Waals surface area contributed by atoms with Gasteiger partial charge in [0.2, 0.25) is 0 Å². The summed E-state index contributed by atoms with van der Waals surface area (Å²) in [4.78, 5) is 16.5. The highest BCUT2D eigenvalue weighted by atomic mass is 16.5. The fourth-order valence-corrected chi connectivity index (χ4v) is 1.92. The number of ether oxygens (including phenoxy) is 1. The molecule has 21 heavy (non-hydrogen) atoms. The van der Waals surface area contributed by atoms with Crippen LogP contribution in [-0.2, 0) is 5.54 Å². The molecule has 0 bridgehead atoms. The predicted molar refractivity (Wildman–Crippen MR) is 77.3 cm³/mol. The lowest BCUT2D eigenvalue weighted by atomic mass is 10.0. The molecule has 0 saturated carbocycles. The number of hydrogen-bond acceptors (Lipinski definition) is 5. The highest BCUT2D eigenvalue weighted by molar-refractivity contribution is 5.95. The van der Waals surface area contributed by atoms with Crippen LogP contribution < -0.4 is 10.1 Å². The van der Waals surface area contributed by atoms with Crippen molar-refractivity contribution >= 4 is 5.91 Å². The molecular formula is C15H19N3O3. The van der Waals surface area contributed by atoms with Crippen LogP contribution in [-0.4, -0.2) is 23.2 Å². The summed E-state index contributed by atoms with van der Waals surface area (Å²) >= 11 is 0. The highest BCUT2D eigenvalue weighted by Crippen LogP contribution is 2.22. The molecule has 6 nitrogen and oxygen atoms in total. The van der Waals surface area contributed by atoms with Gasteiger partial charge in [-0.25, -0.2) is 0 Å². The Morgan fingerprint density at radius 2 is 2.05 bits per heavy atom. The van der Waals surface area contributed by atoms with Crippen LogP contribution in [0.4, 0.5) is 0 Å². The standard InChI is InChI=1S/C15H19N3O3/c1-9-6-7-11(8-12(9)20-5)13(19)17-15(3,4)14-16-10(2)18-21-14/h6-8H,1-5H3,(H,17,19). The zero-order chi connectivity index (χ0) is 15.6. The van der Waals surface area contributed by atoms with Crippen molar-refractivity contribution in [1.82, 2.24) is 15.5 Å². The summed E-state index contributed by atoms with van der Waals surface area (Å²) in [6.07, 6.45) is 0. The molecule has 0 fully saturated rings. The highest BCUT2D eigenvalue weighted by Gasteiger charge is 2.29. The molecule has 2 rings (SSSR count). The van der Waals surface area contributed by atoms with Gasteiger partial charge >= 0.3 is 0 Å². The van der Waals surface area contributed by atoms with Crippen LogP contribution in [0.25, 0.3) is 0 Å². The van der Waals surface area contributed by atoms with Gasteiger partial charge in [-0.1, -0.05) is 11.2 Å². The van der Waals surface area contributed by atoms with Crippen molar-refractivity contribution in [3.05, 3.63) is 41.0 Å². The van der Waals surface area contributed by atoms with Gasteiger partial charge in [-0.05, 0) is 45.4 Å². The van der Waals surface area contributed by atoms with Crippen LogP contribution in [0, 0.1) is 13.8 Å². The molecule has 1 amide bonds. The predicted octanol–water partition coefficient (Wildman–Crippen LogP) is 2.36. The first kappa shape index (κ1) is 15.0. The van der Waals surface area contributed by atoms with Crippen molar-refractivity contribution in [2.45, 2.75) is 33.2 Å². The molecule has 0 aliphatic carbocycles. The number of rotatable bonds is 4. The molecule has 0 saturated heterocycles. The summed E-state index contributed by atoms with van der Waals surface area (Å²) in [6.45, 7) is 7.27. The minimum atomic E-state index is -0.754. The molecule has 6 heteroatoms. The van der Waals surface area contributed by atoms with Gasteiger partial charge in [0.15, 0.2) is 5.82 Å². The summed E-state index contributed by atoms with van der Waals surface area (Å²) in [6, 6.07) is 5.31. The molecule has 0 unspecified atom stereocenters. The quantitative estimate of drug-likeness (QED) is 0.935. The Labute approximate surface area is 123 Å². The number of benzene rings is 1. The monoisotopic (exact) mass is 289 g/mol. The van der Waals surface area contributed by atoms with E-state index < -0.39 is 5.54 Å². The van der Waals surface area contributed by atoms with E-state index in [9.17, 15) is 4.79 Å². The normalized spacial score (nSPS) is 11.3. The number of hydrogen-bond donors (Lipinski definition) is 1. The Bertz CT molecular complexity index is 662. The Hall–Kier alpha value is -2.37. The fraction of sp³-hybridized carbons (Fsp3) is 0.400. The Morgan fingerprint density at radius 1 is 1.33 bits per heavy atom. The average molecular weight is 289 g/mol. The summed E-state index contributed by atoms with van der Waals surface area (Å²) in [5.41, 5.74) is 0.735. The van der Waals surface area contributed by atoms with Crippen LogP contribution in [0.1, 0.15) is 41.5 Å². The van der Waals surface area contributed by atoms with Crippen LogP contribution in [0.15, 0.2) is 22.7 Å². The largest absolute Gasteiger partial charge is 0.496 e. The molecule has 0 aliphatic rings. The second-order valence-electron chi connectivity index (χ2n) is 5.41. The van der Waals surface area contributed by atoms with E-state index >= 15 is 0 Å². The molecule has 2 aromatic rings. The number of nitrogens with zero attached hydrogens (tertiary/aromatic N) is 2. The number of aromatic nitrogens is 2. The maximum atomic E-state index is 12.4. The number of amides is 1. The van der Waals surface area contributed by atoms with Crippen LogP contribution in [0.2, 0.25) is 0 Å². The van der Waals surface area contributed by atoms with Crippen molar-refractivity contribution in [2.24, 2.45) is 0 Å². The van der Waals surface area contributed by atoms with Gasteiger partial charge in [0, 0.05) is 5.56 Å². The number of methoxy groups -OCH3 is 1. The molecule has 1 N–H and O–H groups in total. The van der Waals surface area contributed by atoms with Crippen molar-refractivity contribution < 1.29 is 14.1 Å². The van der Waals surface area contributed by atoms with E-state index in [1.807, 2.05) is 26.8 Å². The van der Waals surface area contributed by atoms with Crippen molar-refractivity contribution in [1.29, 1.82) is 0 Å². The second kappa shape index (κ2) is 5.55. The van der Waals surface area contributed by atoms with E-state index in [1.54, 1.807) is 26.2 Å². The summed E-state index contributed by atoms with van der Waals surface area (Å²) in [7, 11) is 1.58. The van der Waals surface area contributed by atoms with Gasteiger partial charge in [-0.15, -0.1) is 0 Å². The van der Waals surface area contributed by atoms with Gasteiger partial charge in [0.1, 0.15) is 11.3 Å². The number of carbonyl (C=O) groups is 1. The maximum absolute atomic E-state index is 12.4. The fourth-order valence-electron chi connectivity index (χ4n) is 1.92. The molecular weight excluding hydrogens is 270 g/mol. The molecule has 1 heterocycles. The maximum Gasteiger partial charge on any atom is 0.252 e. The topological polar surface area (TPSA) is 77.2 Å². The summed E-state index contributed by atoms with van der Waals surface area (Å²) in [5.74, 6) is 1.35. The molecule has 0 spiro atoms. The van der Waals surface area contributed by atoms with E-state index in [1.165, 1.54) is 0 Å². The van der Waals surface area contributed by atoms with E-state index in [0.29, 0.717) is 23.0 Å². The smallest absolute Gasteiger partial charge is 0.252 e. The van der Waals surface area contributed by atoms with Crippen LogP contribution in [0.3, 0.4) is 0 Å². The molecule has 0 radical (unpaired) electrons. The lowest BCUT2D eigenvalue weighted by molar-refractivity contribution is 0.0894. The third kappa shape index (κ3) is 3.21. The lowest BCUT2D eigenvalue weighted by Gasteiger charge is -2.22. The first-order valence-electron chi connectivity index (χ1n) is 6.61. The molecule has 1 aromatic carbocycles. The van der Waals surface area contributed by atoms with E-state index in [4.69, 9.17) is 9.26 Å². The number of carbonyl (C=O) groups excluding carboxylic acids is 1. The average Bonchev–Trinajstić information content (AvgIpc) is 2.86. The third-order valence-corrected chi connectivity index (χ3v) is 3.16. The Kier molecular flexibility index (Phi) is 3.97. The van der Waals surface area contributed by atoms with E-state index in [0.717, 1.165) is 5.56 Å². The zero-order valence-corrected chi connectivity index (χ0v) is 12.9. The SMILES string of the molecule is COc1cc(C(=O)NC(C)(C)c2nc(C)no2)ccc1C. The number of nitrogens with one attached hydrogen (secondary N) is 1. The summed E-state index contributed by atoms with van der Waals surface area (Å²) in [5, 5.41) is 6.63. The zero-order valence-electron chi connectivity index (χ0n) is 12.9. The Balaban J connectivity index is 2.21. The van der Waals surface area contributed by atoms with E-state index in [-0.39, 0.29) is 5.91 Å². The lowest BCUT2D eigenvalue weighted by Crippen LogP contribution is -2.41. The first-order chi connectivity index (χ1) is 9.83. The van der Waals surface area contributed by atoms with Gasteiger partial charge in [-0.2, -0.15) is 4.98 Å². The molecule has 0 atom stereocenters. The van der Waals surface area contributed by atoms with Gasteiger partial charge < -0.3 is 14.6 Å². The van der Waals surface area contributed by atoms with Gasteiger partial charge in [0.25, 0.3) is 11.8 Å². The van der Waals surface area contributed by atoms with Crippen LogP contribution >= 0.6 is 0 Å². The molecule has 1 aromatic heterocycles. The number of aryl methyl sites for hydroxylation is 2. The van der Waals surface area contributed by atoms with Gasteiger partial charge in [0.05, 0.1) is 7.11 Å². The molecule has 112 valence electrons. The van der Waals surface area contributed by atoms with Crippen molar-refractivity contribution in [3.63, 3.8) is 0 Å². The van der Waals surface area contributed by atoms with Gasteiger partial charge in [-0.3, -0.25) is 4.79 Å². The molecule has 0 aliphatic heterocycles. The van der Waals surface area contributed by atoms with Crippen molar-refractivity contribution in [2.75, 3.05) is 7.11 Å².